The molecule has 0 saturated carbocycles. The van der Waals surface area contributed by atoms with Gasteiger partial charge in [-0.1, -0.05) is 11.6 Å². The second-order valence-electron chi connectivity index (χ2n) is 5.75. The second kappa shape index (κ2) is 8.17. The number of alkyl halides is 3. The number of carbonyl (C=O) groups is 1. The van der Waals surface area contributed by atoms with E-state index in [0.717, 1.165) is 25.3 Å². The van der Waals surface area contributed by atoms with Crippen molar-refractivity contribution in [1.82, 2.24) is 5.32 Å². The van der Waals surface area contributed by atoms with Crippen LogP contribution in [0.2, 0.25) is 0 Å². The summed E-state index contributed by atoms with van der Waals surface area (Å²) in [7, 11) is 0. The van der Waals surface area contributed by atoms with Crippen LogP contribution in [0.1, 0.15) is 37.7 Å². The largest absolute Gasteiger partial charge is 0.419 e. The minimum atomic E-state index is -4.77. The van der Waals surface area contributed by atoms with Crippen LogP contribution >= 0.6 is 0 Å². The summed E-state index contributed by atoms with van der Waals surface area (Å²) in [5.41, 5.74) is 0.0360. The fraction of sp³-hybridized carbons (Fsp3) is 0.471. The Labute approximate surface area is 138 Å². The van der Waals surface area contributed by atoms with E-state index in [0.29, 0.717) is 12.6 Å². The van der Waals surface area contributed by atoms with Crippen LogP contribution < -0.4 is 10.6 Å². The van der Waals surface area contributed by atoms with E-state index in [2.05, 4.69) is 16.7 Å². The third kappa shape index (κ3) is 5.54. The van der Waals surface area contributed by atoms with Gasteiger partial charge in [0.05, 0.1) is 12.1 Å². The number of hydrogen-bond donors (Lipinski definition) is 2. The molecule has 0 atom stereocenters. The Morgan fingerprint density at radius 3 is 2.67 bits per heavy atom. The molecule has 0 aromatic heterocycles. The molecule has 0 heterocycles. The van der Waals surface area contributed by atoms with Crippen LogP contribution in [0.15, 0.2) is 29.8 Å². The summed E-state index contributed by atoms with van der Waals surface area (Å²) in [6.45, 7) is 0.339. The molecular weight excluding hydrogens is 324 g/mol. The molecule has 2 N–H and O–H groups in total. The molecule has 3 nitrogen and oxygen atoms in total. The van der Waals surface area contributed by atoms with Gasteiger partial charge >= 0.3 is 6.18 Å². The summed E-state index contributed by atoms with van der Waals surface area (Å²) in [6, 6.07) is 2.57. The monoisotopic (exact) mass is 344 g/mol. The molecule has 24 heavy (non-hydrogen) atoms. The maximum absolute atomic E-state index is 13.2. The van der Waals surface area contributed by atoms with Gasteiger partial charge in [-0.3, -0.25) is 4.79 Å². The molecular formula is C17H20F4N2O. The maximum Gasteiger partial charge on any atom is 0.419 e. The van der Waals surface area contributed by atoms with Crippen molar-refractivity contribution in [3.05, 3.63) is 41.2 Å². The number of benzene rings is 1. The molecule has 132 valence electrons. The number of nitrogens with one attached hydrogen (secondary N) is 2. The van der Waals surface area contributed by atoms with Gasteiger partial charge in [-0.2, -0.15) is 13.2 Å². The first-order chi connectivity index (χ1) is 11.4. The maximum atomic E-state index is 13.2. The van der Waals surface area contributed by atoms with Gasteiger partial charge in [-0.05, 0) is 50.3 Å². The van der Waals surface area contributed by atoms with Crippen LogP contribution in [0.5, 0.6) is 0 Å². The third-order valence-electron chi connectivity index (χ3n) is 3.88. The van der Waals surface area contributed by atoms with E-state index in [1.165, 1.54) is 24.5 Å². The van der Waals surface area contributed by atoms with Crippen molar-refractivity contribution in [2.75, 3.05) is 18.4 Å². The number of hydrogen-bond acceptors (Lipinski definition) is 2. The Hall–Kier alpha value is -2.05. The van der Waals surface area contributed by atoms with Crippen molar-refractivity contribution in [3.63, 3.8) is 0 Å². The van der Waals surface area contributed by atoms with Crippen LogP contribution in [0.4, 0.5) is 23.2 Å². The number of carbonyl (C=O) groups excluding carboxylic acids is 1. The smallest absolute Gasteiger partial charge is 0.376 e. The molecule has 0 saturated heterocycles. The molecule has 0 spiro atoms. The van der Waals surface area contributed by atoms with Gasteiger partial charge in [0.1, 0.15) is 5.82 Å². The predicted molar refractivity (Wildman–Crippen MR) is 84.1 cm³/mol. The Balaban J connectivity index is 1.78. The molecule has 0 bridgehead atoms. The minimum Gasteiger partial charge on any atom is -0.376 e. The average Bonchev–Trinajstić information content (AvgIpc) is 2.54. The molecule has 0 aliphatic heterocycles. The van der Waals surface area contributed by atoms with E-state index < -0.39 is 17.6 Å². The fourth-order valence-corrected chi connectivity index (χ4v) is 2.59. The Morgan fingerprint density at radius 1 is 1.21 bits per heavy atom. The standard InChI is InChI=1S/C17H20F4N2O/c18-15-7-6-13(10-14(15)17(19,20)21)23-11-16(24)22-9-8-12-4-2-1-3-5-12/h4,6-7,10,23H,1-3,5,8-9,11H2,(H,22,24). The Kier molecular flexibility index (Phi) is 6.23. The third-order valence-corrected chi connectivity index (χ3v) is 3.88. The van der Waals surface area contributed by atoms with Gasteiger partial charge in [-0.25, -0.2) is 4.39 Å². The lowest BCUT2D eigenvalue weighted by atomic mass is 9.97. The number of anilines is 1. The quantitative estimate of drug-likeness (QED) is 0.598. The molecule has 1 aromatic rings. The summed E-state index contributed by atoms with van der Waals surface area (Å²) in [5.74, 6) is -1.65. The highest BCUT2D eigenvalue weighted by Gasteiger charge is 2.34. The lowest BCUT2D eigenvalue weighted by Gasteiger charge is -2.14. The van der Waals surface area contributed by atoms with Crippen molar-refractivity contribution in [1.29, 1.82) is 0 Å². The molecule has 2 rings (SSSR count). The number of allylic oxidation sites excluding steroid dienone is 1. The van der Waals surface area contributed by atoms with Crippen LogP contribution in [-0.2, 0) is 11.0 Å². The SMILES string of the molecule is O=C(CNc1ccc(F)c(C(F)(F)F)c1)NCCC1=CCCCC1. The second-order valence-corrected chi connectivity index (χ2v) is 5.75. The van der Waals surface area contributed by atoms with Crippen molar-refractivity contribution in [3.8, 4) is 0 Å². The lowest BCUT2D eigenvalue weighted by Crippen LogP contribution is -2.30. The van der Waals surface area contributed by atoms with Gasteiger partial charge in [-0.15, -0.1) is 0 Å². The zero-order valence-electron chi connectivity index (χ0n) is 13.2. The summed E-state index contributed by atoms with van der Waals surface area (Å²) in [6.07, 6.45) is 2.75. The van der Waals surface area contributed by atoms with E-state index in [9.17, 15) is 22.4 Å². The normalized spacial score (nSPS) is 14.9. The van der Waals surface area contributed by atoms with E-state index in [-0.39, 0.29) is 18.1 Å². The summed E-state index contributed by atoms with van der Waals surface area (Å²) in [4.78, 5) is 11.7. The highest BCUT2D eigenvalue weighted by molar-refractivity contribution is 5.80. The number of rotatable bonds is 6. The number of amides is 1. The minimum absolute atomic E-state index is 0.0499. The molecule has 7 heteroatoms. The van der Waals surface area contributed by atoms with E-state index in [4.69, 9.17) is 0 Å². The van der Waals surface area contributed by atoms with Gasteiger partial charge in [0.15, 0.2) is 0 Å². The molecule has 1 aromatic carbocycles. The first kappa shape index (κ1) is 18.3. The lowest BCUT2D eigenvalue weighted by molar-refractivity contribution is -0.139. The summed E-state index contributed by atoms with van der Waals surface area (Å²) < 4.78 is 51.0. The van der Waals surface area contributed by atoms with E-state index >= 15 is 0 Å². The van der Waals surface area contributed by atoms with Crippen LogP contribution in [-0.4, -0.2) is 19.0 Å². The van der Waals surface area contributed by atoms with E-state index in [1.807, 2.05) is 0 Å². The Bertz CT molecular complexity index is 611. The highest BCUT2D eigenvalue weighted by Crippen LogP contribution is 2.32. The fourth-order valence-electron chi connectivity index (χ4n) is 2.59. The molecule has 0 unspecified atom stereocenters. The number of halogens is 4. The van der Waals surface area contributed by atoms with Gasteiger partial charge in [0, 0.05) is 12.2 Å². The zero-order chi connectivity index (χ0) is 17.6. The van der Waals surface area contributed by atoms with Gasteiger partial charge < -0.3 is 10.6 Å². The Morgan fingerprint density at radius 2 is 2.00 bits per heavy atom. The molecule has 0 fully saturated rings. The van der Waals surface area contributed by atoms with Crippen LogP contribution in [0, 0.1) is 5.82 Å². The van der Waals surface area contributed by atoms with Crippen molar-refractivity contribution >= 4 is 11.6 Å². The van der Waals surface area contributed by atoms with Crippen molar-refractivity contribution < 1.29 is 22.4 Å². The average molecular weight is 344 g/mol. The predicted octanol–water partition coefficient (Wildman–Crippen LogP) is 4.26. The molecule has 1 amide bonds. The topological polar surface area (TPSA) is 41.1 Å². The summed E-state index contributed by atoms with van der Waals surface area (Å²) in [5, 5.41) is 5.30. The first-order valence-corrected chi connectivity index (χ1v) is 7.91. The molecule has 1 aliphatic carbocycles. The highest BCUT2D eigenvalue weighted by atomic mass is 19.4. The summed E-state index contributed by atoms with van der Waals surface area (Å²) >= 11 is 0. The molecule has 0 radical (unpaired) electrons. The van der Waals surface area contributed by atoms with Crippen molar-refractivity contribution in [2.24, 2.45) is 0 Å². The van der Waals surface area contributed by atoms with Crippen molar-refractivity contribution in [2.45, 2.75) is 38.3 Å². The van der Waals surface area contributed by atoms with Crippen LogP contribution in [0.3, 0.4) is 0 Å². The first-order valence-electron chi connectivity index (χ1n) is 7.91. The van der Waals surface area contributed by atoms with Crippen LogP contribution in [0.25, 0.3) is 0 Å². The van der Waals surface area contributed by atoms with E-state index in [1.54, 1.807) is 0 Å². The zero-order valence-corrected chi connectivity index (χ0v) is 13.2. The van der Waals surface area contributed by atoms with Gasteiger partial charge in [0.25, 0.3) is 0 Å². The molecule has 1 aliphatic rings. The van der Waals surface area contributed by atoms with Gasteiger partial charge in [0.2, 0.25) is 5.91 Å².